The van der Waals surface area contributed by atoms with Crippen LogP contribution in [0.5, 0.6) is 0 Å². The molecule has 1 aromatic rings. The van der Waals surface area contributed by atoms with Crippen LogP contribution in [0.1, 0.15) is 22.3 Å². The predicted octanol–water partition coefficient (Wildman–Crippen LogP) is 1.60. The molecule has 0 amide bonds. The average Bonchev–Trinajstić information content (AvgIpc) is 2.74. The van der Waals surface area contributed by atoms with Crippen LogP contribution in [0.25, 0.3) is 0 Å². The molecule has 0 aliphatic heterocycles. The molecule has 6 nitrogen and oxygen atoms in total. The van der Waals surface area contributed by atoms with E-state index < -0.39 is 19.8 Å². The van der Waals surface area contributed by atoms with Crippen molar-refractivity contribution in [1.82, 2.24) is 4.98 Å². The Hall–Kier alpha value is -2.04. The van der Waals surface area contributed by atoms with Crippen molar-refractivity contribution < 1.29 is 14.1 Å². The van der Waals surface area contributed by atoms with Crippen molar-refractivity contribution in [2.75, 3.05) is 5.73 Å². The zero-order valence-electron chi connectivity index (χ0n) is 9.13. The fourth-order valence-electron chi connectivity index (χ4n) is 0.874. The number of nitrogens with two attached hydrogens (primary N) is 1. The van der Waals surface area contributed by atoms with Crippen molar-refractivity contribution in [3.05, 3.63) is 10.6 Å². The molecule has 1 unspecified atom stereocenters. The molecule has 0 bridgehead atoms. The maximum absolute atomic E-state index is 11.5. The van der Waals surface area contributed by atoms with E-state index in [1.165, 1.54) is 0 Å². The third-order valence-corrected chi connectivity index (χ3v) is 2.57. The van der Waals surface area contributed by atoms with Crippen LogP contribution in [0.15, 0.2) is 0 Å². The number of thiazole rings is 1. The first kappa shape index (κ1) is 14.0. The molecule has 18 heavy (non-hydrogen) atoms. The van der Waals surface area contributed by atoms with Crippen molar-refractivity contribution in [2.45, 2.75) is 6.92 Å². The third-order valence-electron chi connectivity index (χ3n) is 1.61. The van der Waals surface area contributed by atoms with Gasteiger partial charge in [-0.2, -0.15) is 0 Å². The summed E-state index contributed by atoms with van der Waals surface area (Å²) in [4.78, 5) is 15.5. The van der Waals surface area contributed by atoms with Crippen LogP contribution in [0.3, 0.4) is 0 Å². The fraction of sp³-hybridized carbons (Fsp3) is 0.200. The molecular weight excluding hydrogens is 273 g/mol. The standard InChI is InChI=1S/C10H6N3O3PS/c1-6(4-11)2-3-7-8(13-10(12)18-7)9(14)16-5-17-15/h6H,1H3,(H2,12,13). The number of esters is 1. The van der Waals surface area contributed by atoms with Crippen LogP contribution in [0.4, 0.5) is 5.13 Å². The molecule has 2 N–H and O–H groups in total. The summed E-state index contributed by atoms with van der Waals surface area (Å²) in [7, 11) is -0.550. The Morgan fingerprint density at radius 1 is 1.67 bits per heavy atom. The molecule has 0 spiro atoms. The van der Waals surface area contributed by atoms with Gasteiger partial charge in [0.05, 0.1) is 0 Å². The number of nitrogen functional groups attached to an aromatic ring is 1. The second kappa shape index (κ2) is 6.64. The molecule has 0 aliphatic rings. The summed E-state index contributed by atoms with van der Waals surface area (Å²) in [5.41, 5.74) is 5.39. The first-order chi connectivity index (χ1) is 8.58. The Balaban J connectivity index is 3.08. The number of rotatable bonds is 1. The van der Waals surface area contributed by atoms with E-state index in [1.54, 1.807) is 6.92 Å². The number of anilines is 1. The molecule has 0 aromatic carbocycles. The van der Waals surface area contributed by atoms with Crippen LogP contribution < -0.4 is 5.73 Å². The second-order valence-corrected chi connectivity index (χ2v) is 4.32. The monoisotopic (exact) mass is 279 g/mol. The number of carbonyl (C=O) groups is 1. The minimum atomic E-state index is -0.847. The number of nitrogens with zero attached hydrogens (tertiary/aromatic N) is 2. The SMILES string of the molecule is CC(C#N)C#Cc1sc(N)nc1C(=O)OC#P=O. The summed E-state index contributed by atoms with van der Waals surface area (Å²) < 4.78 is 14.5. The molecule has 1 rings (SSSR count). The molecular formula is C10H6N3O3PS. The summed E-state index contributed by atoms with van der Waals surface area (Å²) in [6.07, 6.45) is 0. The third kappa shape index (κ3) is 3.76. The van der Waals surface area contributed by atoms with Gasteiger partial charge in [0.1, 0.15) is 0 Å². The topological polar surface area (TPSA) is 106 Å². The molecule has 8 heteroatoms. The van der Waals surface area contributed by atoms with E-state index in [9.17, 15) is 9.36 Å². The Labute approximate surface area is 108 Å². The molecule has 0 radical (unpaired) electrons. The fourth-order valence-corrected chi connectivity index (χ4v) is 1.68. The Kier molecular flexibility index (Phi) is 5.17. The minimum absolute atomic E-state index is 0.0775. The van der Waals surface area contributed by atoms with Crippen molar-refractivity contribution in [3.63, 3.8) is 0 Å². The molecule has 1 heterocycles. The Morgan fingerprint density at radius 3 is 3.00 bits per heavy atom. The van der Waals surface area contributed by atoms with Crippen molar-refractivity contribution in [1.29, 1.82) is 5.26 Å². The Morgan fingerprint density at radius 2 is 2.39 bits per heavy atom. The zero-order chi connectivity index (χ0) is 13.5. The summed E-state index contributed by atoms with van der Waals surface area (Å²) in [6.45, 7) is 1.62. The van der Waals surface area contributed by atoms with Gasteiger partial charge in [-0.3, -0.25) is 0 Å². The van der Waals surface area contributed by atoms with Crippen molar-refractivity contribution in [2.24, 2.45) is 5.92 Å². The van der Waals surface area contributed by atoms with Crippen LogP contribution >= 0.6 is 19.3 Å². The molecule has 0 fully saturated rings. The van der Waals surface area contributed by atoms with Crippen LogP contribution in [-0.4, -0.2) is 11.0 Å². The van der Waals surface area contributed by atoms with E-state index in [-0.39, 0.29) is 10.8 Å². The molecule has 1 atom stereocenters. The van der Waals surface area contributed by atoms with Gasteiger partial charge >= 0.3 is 108 Å². The molecule has 1 aromatic heterocycles. The summed E-state index contributed by atoms with van der Waals surface area (Å²) in [6, 6.07) is 1.93. The van der Waals surface area contributed by atoms with Gasteiger partial charge in [-0.1, -0.05) is 0 Å². The second-order valence-electron chi connectivity index (χ2n) is 2.92. The van der Waals surface area contributed by atoms with E-state index >= 15 is 0 Å². The normalized spacial score (nSPS) is 10.2. The summed E-state index contributed by atoms with van der Waals surface area (Å²) >= 11 is 1.00. The van der Waals surface area contributed by atoms with Gasteiger partial charge in [-0.15, -0.1) is 0 Å². The van der Waals surface area contributed by atoms with Crippen molar-refractivity contribution in [3.8, 4) is 23.7 Å². The first-order valence-electron chi connectivity index (χ1n) is 4.54. The van der Waals surface area contributed by atoms with Gasteiger partial charge in [0.2, 0.25) is 0 Å². The number of carbonyl (C=O) groups excluding carboxylic acids is 1. The van der Waals surface area contributed by atoms with E-state index in [1.807, 2.05) is 11.9 Å². The van der Waals surface area contributed by atoms with Gasteiger partial charge in [0, 0.05) is 0 Å². The van der Waals surface area contributed by atoms with Gasteiger partial charge in [0.15, 0.2) is 0 Å². The van der Waals surface area contributed by atoms with Gasteiger partial charge < -0.3 is 0 Å². The zero-order valence-corrected chi connectivity index (χ0v) is 10.8. The van der Waals surface area contributed by atoms with Gasteiger partial charge in [0.25, 0.3) is 0 Å². The number of hydrogen-bond donors (Lipinski definition) is 1. The van der Waals surface area contributed by atoms with Crippen LogP contribution in [-0.2, 0) is 9.30 Å². The van der Waals surface area contributed by atoms with E-state index in [0.717, 1.165) is 11.3 Å². The molecule has 0 aliphatic carbocycles. The molecule has 90 valence electrons. The van der Waals surface area contributed by atoms with Crippen molar-refractivity contribution >= 4 is 30.4 Å². The molecule has 0 saturated carbocycles. The first-order valence-corrected chi connectivity index (χ1v) is 6.17. The van der Waals surface area contributed by atoms with Gasteiger partial charge in [-0.25, -0.2) is 0 Å². The van der Waals surface area contributed by atoms with Gasteiger partial charge in [-0.05, 0) is 0 Å². The summed E-state index contributed by atoms with van der Waals surface area (Å²) in [5.74, 6) is 5.79. The number of nitriles is 1. The number of hydrogen-bond acceptors (Lipinski definition) is 7. The summed E-state index contributed by atoms with van der Waals surface area (Å²) in [5, 5.41) is 8.73. The molecule has 0 saturated heterocycles. The van der Waals surface area contributed by atoms with E-state index in [2.05, 4.69) is 21.6 Å². The number of ether oxygens (including phenoxy) is 1. The Bertz CT molecular complexity index is 674. The van der Waals surface area contributed by atoms with E-state index in [4.69, 9.17) is 11.0 Å². The maximum atomic E-state index is 11.5. The van der Waals surface area contributed by atoms with Crippen LogP contribution in [0, 0.1) is 34.9 Å². The predicted molar refractivity (Wildman–Crippen MR) is 65.1 cm³/mol. The van der Waals surface area contributed by atoms with E-state index in [0.29, 0.717) is 4.88 Å². The quantitative estimate of drug-likeness (QED) is 0.475. The average molecular weight is 279 g/mol. The number of aromatic nitrogens is 1. The van der Waals surface area contributed by atoms with Crippen LogP contribution in [0.2, 0.25) is 0 Å².